The van der Waals surface area contributed by atoms with Crippen molar-refractivity contribution >= 4 is 29.7 Å². The first-order chi connectivity index (χ1) is 26.5. The maximum atomic E-state index is 13.1. The predicted molar refractivity (Wildman–Crippen MR) is 199 cm³/mol. The lowest BCUT2D eigenvalue weighted by atomic mass is 10.1. The summed E-state index contributed by atoms with van der Waals surface area (Å²) in [4.78, 5) is 63.8. The number of imide groups is 1. The lowest BCUT2D eigenvalue weighted by Crippen LogP contribution is -2.43. The van der Waals surface area contributed by atoms with Crippen LogP contribution in [0.1, 0.15) is 59.0 Å². The number of esters is 2. The summed E-state index contributed by atoms with van der Waals surface area (Å²) < 4.78 is 38.3. The summed E-state index contributed by atoms with van der Waals surface area (Å²) in [6.45, 7) is 7.53. The average Bonchev–Trinajstić information content (AvgIpc) is 3.41. The van der Waals surface area contributed by atoms with Crippen LogP contribution in [-0.2, 0) is 55.8 Å². The van der Waals surface area contributed by atoms with Crippen LogP contribution in [0, 0.1) is 0 Å². The van der Waals surface area contributed by atoms with Gasteiger partial charge >= 0.3 is 11.9 Å². The van der Waals surface area contributed by atoms with Crippen molar-refractivity contribution in [3.8, 4) is 5.75 Å². The van der Waals surface area contributed by atoms with E-state index >= 15 is 0 Å². The van der Waals surface area contributed by atoms with E-state index < -0.39 is 23.6 Å². The van der Waals surface area contributed by atoms with Crippen LogP contribution in [0.5, 0.6) is 5.75 Å². The monoisotopic (exact) mass is 762 g/mol. The molecule has 3 aromatic rings. The molecule has 4 rings (SSSR count). The number of amides is 3. The average molecular weight is 763 g/mol. The van der Waals surface area contributed by atoms with E-state index in [-0.39, 0.29) is 70.1 Å². The molecule has 3 amide bonds. The highest BCUT2D eigenvalue weighted by Gasteiger charge is 2.34. The van der Waals surface area contributed by atoms with E-state index in [1.807, 2.05) is 30.3 Å². The van der Waals surface area contributed by atoms with Crippen LogP contribution in [0.3, 0.4) is 0 Å². The SMILES string of the molecule is CC(C)(C)OC(=O)COc1ccc(C[C@H](NC(=O)CCOCCOCCOCCOCCN2C(=O)c3ccccc3C2=O)C(=O)OCc2ccccc2)cc1. The summed E-state index contributed by atoms with van der Waals surface area (Å²) in [5.74, 6) is -1.60. The number of nitrogens with one attached hydrogen (secondary N) is 1. The van der Waals surface area contributed by atoms with Crippen molar-refractivity contribution in [2.75, 3.05) is 66.0 Å². The molecule has 1 aliphatic heterocycles. The molecule has 55 heavy (non-hydrogen) atoms. The molecule has 0 spiro atoms. The summed E-state index contributed by atoms with van der Waals surface area (Å²) in [6.07, 6.45) is 0.195. The summed E-state index contributed by atoms with van der Waals surface area (Å²) in [6, 6.07) is 21.9. The van der Waals surface area contributed by atoms with Gasteiger partial charge in [0.25, 0.3) is 11.8 Å². The van der Waals surface area contributed by atoms with Gasteiger partial charge in [-0.05, 0) is 56.2 Å². The van der Waals surface area contributed by atoms with E-state index in [0.29, 0.717) is 49.9 Å². The second kappa shape index (κ2) is 22.3. The van der Waals surface area contributed by atoms with E-state index in [1.165, 1.54) is 4.90 Å². The van der Waals surface area contributed by atoms with Crippen LogP contribution >= 0.6 is 0 Å². The van der Waals surface area contributed by atoms with Gasteiger partial charge in [-0.2, -0.15) is 0 Å². The minimum Gasteiger partial charge on any atom is -0.482 e. The van der Waals surface area contributed by atoms with E-state index in [9.17, 15) is 24.0 Å². The van der Waals surface area contributed by atoms with Gasteiger partial charge in [0.1, 0.15) is 24.0 Å². The highest BCUT2D eigenvalue weighted by atomic mass is 16.6. The van der Waals surface area contributed by atoms with E-state index in [2.05, 4.69) is 5.32 Å². The molecule has 1 aliphatic rings. The Morgan fingerprint density at radius 1 is 0.673 bits per heavy atom. The van der Waals surface area contributed by atoms with Crippen LogP contribution in [0.4, 0.5) is 0 Å². The van der Waals surface area contributed by atoms with Crippen LogP contribution < -0.4 is 10.1 Å². The largest absolute Gasteiger partial charge is 0.482 e. The van der Waals surface area contributed by atoms with Crippen molar-refractivity contribution < 1.29 is 57.1 Å². The highest BCUT2D eigenvalue weighted by Crippen LogP contribution is 2.22. The fourth-order valence-corrected chi connectivity index (χ4v) is 5.28. The fourth-order valence-electron chi connectivity index (χ4n) is 5.28. The Morgan fingerprint density at radius 3 is 1.80 bits per heavy atom. The molecule has 1 N–H and O–H groups in total. The molecule has 14 heteroatoms. The number of carbonyl (C=O) groups excluding carboxylic acids is 5. The number of benzene rings is 3. The number of carbonyl (C=O) groups is 5. The third-order valence-electron chi connectivity index (χ3n) is 7.91. The molecule has 0 aromatic heterocycles. The minimum atomic E-state index is -0.949. The first-order valence-corrected chi connectivity index (χ1v) is 18.2. The number of ether oxygens (including phenoxy) is 7. The molecule has 0 aliphatic carbocycles. The van der Waals surface area contributed by atoms with Crippen molar-refractivity contribution in [1.29, 1.82) is 0 Å². The molecular formula is C41H50N2O12. The van der Waals surface area contributed by atoms with Crippen molar-refractivity contribution in [3.63, 3.8) is 0 Å². The molecule has 3 aromatic carbocycles. The minimum absolute atomic E-state index is 0.0238. The van der Waals surface area contributed by atoms with E-state index in [4.69, 9.17) is 33.2 Å². The Kier molecular flexibility index (Phi) is 17.3. The van der Waals surface area contributed by atoms with Gasteiger partial charge in [0.05, 0.1) is 70.5 Å². The van der Waals surface area contributed by atoms with Gasteiger partial charge < -0.3 is 38.5 Å². The van der Waals surface area contributed by atoms with Gasteiger partial charge in [0.15, 0.2) is 6.61 Å². The summed E-state index contributed by atoms with van der Waals surface area (Å²) in [7, 11) is 0. The molecule has 1 atom stereocenters. The van der Waals surface area contributed by atoms with Crippen molar-refractivity contribution in [2.24, 2.45) is 0 Å². The van der Waals surface area contributed by atoms with Gasteiger partial charge in [-0.3, -0.25) is 19.3 Å². The summed E-state index contributed by atoms with van der Waals surface area (Å²) in [5.41, 5.74) is 1.77. The molecule has 0 radical (unpaired) electrons. The number of rotatable bonds is 24. The molecule has 0 saturated carbocycles. The van der Waals surface area contributed by atoms with Crippen molar-refractivity contribution in [1.82, 2.24) is 10.2 Å². The van der Waals surface area contributed by atoms with Gasteiger partial charge in [-0.1, -0.05) is 54.6 Å². The number of nitrogens with zero attached hydrogens (tertiary/aromatic N) is 1. The molecule has 296 valence electrons. The summed E-state index contributed by atoms with van der Waals surface area (Å²) in [5, 5.41) is 2.77. The van der Waals surface area contributed by atoms with Gasteiger partial charge in [0.2, 0.25) is 5.91 Å². The van der Waals surface area contributed by atoms with Crippen molar-refractivity contribution in [2.45, 2.75) is 51.9 Å². The molecule has 0 bridgehead atoms. The Morgan fingerprint density at radius 2 is 1.22 bits per heavy atom. The van der Waals surface area contributed by atoms with Gasteiger partial charge in [0, 0.05) is 12.8 Å². The zero-order valence-electron chi connectivity index (χ0n) is 31.6. The van der Waals surface area contributed by atoms with Crippen molar-refractivity contribution in [3.05, 3.63) is 101 Å². The van der Waals surface area contributed by atoms with Crippen LogP contribution in [0.15, 0.2) is 78.9 Å². The van der Waals surface area contributed by atoms with Crippen LogP contribution in [0.25, 0.3) is 0 Å². The van der Waals surface area contributed by atoms with Crippen LogP contribution in [-0.4, -0.2) is 112 Å². The lowest BCUT2D eigenvalue weighted by molar-refractivity contribution is -0.157. The van der Waals surface area contributed by atoms with E-state index in [0.717, 1.165) is 11.1 Å². The smallest absolute Gasteiger partial charge is 0.344 e. The first-order valence-electron chi connectivity index (χ1n) is 18.2. The Labute approximate surface area is 321 Å². The van der Waals surface area contributed by atoms with Crippen LogP contribution in [0.2, 0.25) is 0 Å². The normalized spacial score (nSPS) is 13.0. The number of hydrogen-bond donors (Lipinski definition) is 1. The molecule has 14 nitrogen and oxygen atoms in total. The third kappa shape index (κ3) is 15.3. The quantitative estimate of drug-likeness (QED) is 0.0796. The highest BCUT2D eigenvalue weighted by molar-refractivity contribution is 6.21. The Balaban J connectivity index is 1.07. The second-order valence-corrected chi connectivity index (χ2v) is 13.4. The molecule has 1 heterocycles. The zero-order valence-corrected chi connectivity index (χ0v) is 31.6. The topological polar surface area (TPSA) is 165 Å². The van der Waals surface area contributed by atoms with Gasteiger partial charge in [-0.25, -0.2) is 9.59 Å². The van der Waals surface area contributed by atoms with E-state index in [1.54, 1.807) is 69.3 Å². The maximum absolute atomic E-state index is 13.1. The first kappa shape index (κ1) is 42.6. The third-order valence-corrected chi connectivity index (χ3v) is 7.91. The number of fused-ring (bicyclic) bond motifs is 1. The lowest BCUT2D eigenvalue weighted by Gasteiger charge is -2.19. The molecule has 0 unspecified atom stereocenters. The molecule has 0 saturated heterocycles. The standard InChI is InChI=1S/C41H50N2O12/c1-41(2,3)55-37(45)29-53-32-15-13-30(14-16-32)27-35(40(48)54-28-31-9-5-4-6-10-31)42-36(44)17-19-49-21-23-51-25-26-52-24-22-50-20-18-43-38(46)33-11-7-8-12-34(33)39(43)47/h4-16,35H,17-29H2,1-3H3,(H,42,44)/t35-/m0/s1. The number of hydrogen-bond acceptors (Lipinski definition) is 12. The zero-order chi connectivity index (χ0) is 39.5. The fraction of sp³-hybridized carbons (Fsp3) is 0.439. The predicted octanol–water partition coefficient (Wildman–Crippen LogP) is 3.93. The molecular weight excluding hydrogens is 712 g/mol. The summed E-state index contributed by atoms with van der Waals surface area (Å²) >= 11 is 0. The van der Waals surface area contributed by atoms with Gasteiger partial charge in [-0.15, -0.1) is 0 Å². The Hall–Kier alpha value is -5.15. The molecule has 0 fully saturated rings. The Bertz CT molecular complexity index is 1660. The second-order valence-electron chi connectivity index (χ2n) is 13.4. The maximum Gasteiger partial charge on any atom is 0.344 e.